The lowest BCUT2D eigenvalue weighted by molar-refractivity contribution is -0.384. The van der Waals surface area contributed by atoms with E-state index >= 15 is 0 Å². The van der Waals surface area contributed by atoms with Gasteiger partial charge in [0.1, 0.15) is 0 Å². The number of carbonyl (C=O) groups excluding carboxylic acids is 1. The molecule has 0 atom stereocenters. The number of nitrogens with zero attached hydrogens (tertiary/aromatic N) is 1. The fourth-order valence-electron chi connectivity index (χ4n) is 2.18. The van der Waals surface area contributed by atoms with Crippen LogP contribution in [0.1, 0.15) is 10.4 Å². The van der Waals surface area contributed by atoms with Crippen LogP contribution in [0, 0.1) is 10.1 Å². The second kappa shape index (κ2) is 5.91. The summed E-state index contributed by atoms with van der Waals surface area (Å²) in [5, 5.41) is 14.7. The fourth-order valence-corrected chi connectivity index (χ4v) is 2.48. The van der Waals surface area contributed by atoms with E-state index in [0.717, 1.165) is 0 Å². The standard InChI is InChI=1S/C15H9Cl2N3O3/c16-12-3-1-8(5-13(12)17)19-15(21)11-7-18-14-4-2-9(20(22)23)6-10(11)14/h1-7,18H,(H,19,21). The number of rotatable bonds is 3. The van der Waals surface area contributed by atoms with Gasteiger partial charge in [-0.3, -0.25) is 14.9 Å². The molecule has 0 aliphatic heterocycles. The molecule has 0 spiro atoms. The second-order valence-electron chi connectivity index (χ2n) is 4.77. The summed E-state index contributed by atoms with van der Waals surface area (Å²) < 4.78 is 0. The van der Waals surface area contributed by atoms with Crippen molar-refractivity contribution in [1.29, 1.82) is 0 Å². The van der Waals surface area contributed by atoms with Crippen molar-refractivity contribution in [2.24, 2.45) is 0 Å². The summed E-state index contributed by atoms with van der Waals surface area (Å²) in [5.41, 5.74) is 1.33. The molecule has 0 unspecified atom stereocenters. The number of nitrogens with one attached hydrogen (secondary N) is 2. The Hall–Kier alpha value is -2.57. The number of H-pyrrole nitrogens is 1. The highest BCUT2D eigenvalue weighted by Crippen LogP contribution is 2.27. The van der Waals surface area contributed by atoms with E-state index in [2.05, 4.69) is 10.3 Å². The number of aromatic nitrogens is 1. The minimum Gasteiger partial charge on any atom is -0.360 e. The molecule has 0 saturated heterocycles. The van der Waals surface area contributed by atoms with Gasteiger partial charge in [-0.25, -0.2) is 0 Å². The molecule has 0 bridgehead atoms. The van der Waals surface area contributed by atoms with Crippen LogP contribution in [0.4, 0.5) is 11.4 Å². The zero-order valence-corrected chi connectivity index (χ0v) is 13.0. The average Bonchev–Trinajstić information content (AvgIpc) is 2.94. The maximum atomic E-state index is 12.4. The number of hydrogen-bond acceptors (Lipinski definition) is 3. The van der Waals surface area contributed by atoms with E-state index in [9.17, 15) is 14.9 Å². The molecule has 0 aliphatic carbocycles. The molecule has 0 aliphatic rings. The predicted molar refractivity (Wildman–Crippen MR) is 89.4 cm³/mol. The number of hydrogen-bond donors (Lipinski definition) is 2. The largest absolute Gasteiger partial charge is 0.360 e. The Morgan fingerprint density at radius 1 is 1.13 bits per heavy atom. The van der Waals surface area contributed by atoms with Crippen LogP contribution in [0.5, 0.6) is 0 Å². The fraction of sp³-hybridized carbons (Fsp3) is 0. The van der Waals surface area contributed by atoms with Gasteiger partial charge < -0.3 is 10.3 Å². The van der Waals surface area contributed by atoms with Crippen molar-refractivity contribution in [3.63, 3.8) is 0 Å². The Morgan fingerprint density at radius 2 is 1.91 bits per heavy atom. The molecule has 0 fully saturated rings. The Balaban J connectivity index is 1.95. The molecular formula is C15H9Cl2N3O3. The number of non-ortho nitro benzene ring substituents is 1. The monoisotopic (exact) mass is 349 g/mol. The Bertz CT molecular complexity index is 937. The molecule has 3 rings (SSSR count). The van der Waals surface area contributed by atoms with Gasteiger partial charge in [0.2, 0.25) is 0 Å². The van der Waals surface area contributed by atoms with Crippen LogP contribution >= 0.6 is 23.2 Å². The summed E-state index contributed by atoms with van der Waals surface area (Å²) in [6, 6.07) is 9.00. The number of nitro benzene ring substituents is 1. The number of amides is 1. The minimum absolute atomic E-state index is 0.0827. The molecule has 1 heterocycles. The van der Waals surface area contributed by atoms with Crippen LogP contribution in [0.15, 0.2) is 42.6 Å². The highest BCUT2D eigenvalue weighted by atomic mass is 35.5. The first-order valence-electron chi connectivity index (χ1n) is 6.47. The Kier molecular flexibility index (Phi) is 3.94. The van der Waals surface area contributed by atoms with Gasteiger partial charge in [-0.15, -0.1) is 0 Å². The van der Waals surface area contributed by atoms with Crippen molar-refractivity contribution in [3.8, 4) is 0 Å². The summed E-state index contributed by atoms with van der Waals surface area (Å²) in [6.45, 7) is 0. The smallest absolute Gasteiger partial charge is 0.270 e. The van der Waals surface area contributed by atoms with E-state index in [4.69, 9.17) is 23.2 Å². The van der Waals surface area contributed by atoms with Gasteiger partial charge in [0.25, 0.3) is 11.6 Å². The van der Waals surface area contributed by atoms with Gasteiger partial charge >= 0.3 is 0 Å². The van der Waals surface area contributed by atoms with E-state index in [1.54, 1.807) is 18.2 Å². The summed E-state index contributed by atoms with van der Waals surface area (Å²) in [6.07, 6.45) is 1.50. The zero-order chi connectivity index (χ0) is 16.6. The summed E-state index contributed by atoms with van der Waals surface area (Å²) in [5.74, 6) is -0.407. The summed E-state index contributed by atoms with van der Waals surface area (Å²) in [4.78, 5) is 25.7. The number of anilines is 1. The third-order valence-corrected chi connectivity index (χ3v) is 4.04. The lowest BCUT2D eigenvalue weighted by atomic mass is 10.1. The molecule has 3 aromatic rings. The number of benzene rings is 2. The SMILES string of the molecule is O=C(Nc1ccc(Cl)c(Cl)c1)c1c[nH]c2ccc([N+](=O)[O-])cc12. The third-order valence-electron chi connectivity index (χ3n) is 3.30. The molecule has 0 radical (unpaired) electrons. The highest BCUT2D eigenvalue weighted by molar-refractivity contribution is 6.42. The summed E-state index contributed by atoms with van der Waals surface area (Å²) >= 11 is 11.7. The molecular weight excluding hydrogens is 341 g/mol. The number of aromatic amines is 1. The highest BCUT2D eigenvalue weighted by Gasteiger charge is 2.16. The van der Waals surface area contributed by atoms with Gasteiger partial charge in [-0.1, -0.05) is 23.2 Å². The van der Waals surface area contributed by atoms with Crippen molar-refractivity contribution in [2.75, 3.05) is 5.32 Å². The lowest BCUT2D eigenvalue weighted by Gasteiger charge is -2.05. The summed E-state index contributed by atoms with van der Waals surface area (Å²) in [7, 11) is 0. The normalized spacial score (nSPS) is 10.7. The van der Waals surface area contributed by atoms with Gasteiger partial charge in [0.15, 0.2) is 0 Å². The maximum Gasteiger partial charge on any atom is 0.270 e. The first-order chi connectivity index (χ1) is 11.0. The number of nitro groups is 1. The lowest BCUT2D eigenvalue weighted by Crippen LogP contribution is -2.11. The topological polar surface area (TPSA) is 88.0 Å². The van der Waals surface area contributed by atoms with Crippen molar-refractivity contribution < 1.29 is 9.72 Å². The molecule has 6 nitrogen and oxygen atoms in total. The van der Waals surface area contributed by atoms with E-state index in [0.29, 0.717) is 32.2 Å². The van der Waals surface area contributed by atoms with Crippen LogP contribution in [-0.2, 0) is 0 Å². The molecule has 23 heavy (non-hydrogen) atoms. The van der Waals surface area contributed by atoms with Crippen molar-refractivity contribution in [3.05, 3.63) is 68.3 Å². The van der Waals surface area contributed by atoms with Crippen LogP contribution in [0.3, 0.4) is 0 Å². The third kappa shape index (κ3) is 2.99. The molecule has 116 valence electrons. The van der Waals surface area contributed by atoms with E-state index < -0.39 is 10.8 Å². The Labute approximate surface area is 140 Å². The van der Waals surface area contributed by atoms with Crippen LogP contribution < -0.4 is 5.32 Å². The number of halogens is 2. The Morgan fingerprint density at radius 3 is 2.61 bits per heavy atom. The van der Waals surface area contributed by atoms with Gasteiger partial charge in [-0.2, -0.15) is 0 Å². The predicted octanol–water partition coefficient (Wildman–Crippen LogP) is 4.64. The first kappa shape index (κ1) is 15.3. The molecule has 8 heteroatoms. The maximum absolute atomic E-state index is 12.4. The zero-order valence-electron chi connectivity index (χ0n) is 11.5. The van der Waals surface area contributed by atoms with Crippen LogP contribution in [0.25, 0.3) is 10.9 Å². The average molecular weight is 350 g/mol. The minimum atomic E-state index is -0.507. The molecule has 2 aromatic carbocycles. The van der Waals surface area contributed by atoms with Crippen molar-refractivity contribution in [1.82, 2.24) is 4.98 Å². The number of carbonyl (C=O) groups is 1. The number of fused-ring (bicyclic) bond motifs is 1. The van der Waals surface area contributed by atoms with E-state index in [1.165, 1.54) is 24.4 Å². The molecule has 0 saturated carbocycles. The van der Waals surface area contributed by atoms with Crippen LogP contribution in [0.2, 0.25) is 10.0 Å². The first-order valence-corrected chi connectivity index (χ1v) is 7.23. The molecule has 2 N–H and O–H groups in total. The van der Waals surface area contributed by atoms with Gasteiger partial charge in [0.05, 0.1) is 20.5 Å². The molecule has 1 aromatic heterocycles. The van der Waals surface area contributed by atoms with Gasteiger partial charge in [0, 0.05) is 34.9 Å². The van der Waals surface area contributed by atoms with Crippen LogP contribution in [-0.4, -0.2) is 15.8 Å². The van der Waals surface area contributed by atoms with E-state index in [1.807, 2.05) is 0 Å². The van der Waals surface area contributed by atoms with Crippen molar-refractivity contribution in [2.45, 2.75) is 0 Å². The van der Waals surface area contributed by atoms with Crippen molar-refractivity contribution >= 4 is 51.4 Å². The molecule has 1 amide bonds. The quantitative estimate of drug-likeness (QED) is 0.533. The van der Waals surface area contributed by atoms with E-state index in [-0.39, 0.29) is 5.69 Å². The van der Waals surface area contributed by atoms with Gasteiger partial charge in [-0.05, 0) is 24.3 Å². The second-order valence-corrected chi connectivity index (χ2v) is 5.59.